The number of hydrogen-bond donors (Lipinski definition) is 1. The van der Waals surface area contributed by atoms with Gasteiger partial charge in [0.2, 0.25) is 5.91 Å². The number of aryl methyl sites for hydroxylation is 2. The number of ether oxygens (including phenoxy) is 1. The molecule has 5 heteroatoms. The van der Waals surface area contributed by atoms with Gasteiger partial charge < -0.3 is 10.1 Å². The van der Waals surface area contributed by atoms with Gasteiger partial charge in [-0.25, -0.2) is 4.98 Å². The van der Waals surface area contributed by atoms with Gasteiger partial charge in [0.15, 0.2) is 0 Å². The summed E-state index contributed by atoms with van der Waals surface area (Å²) in [5, 5.41) is 6.22. The molecule has 1 aromatic heterocycles. The minimum atomic E-state index is -0.0861. The number of aromatic nitrogens is 1. The number of nitrogens with one attached hydrogen (secondary N) is 1. The van der Waals surface area contributed by atoms with E-state index in [4.69, 9.17) is 4.74 Å². The third kappa shape index (κ3) is 3.65. The van der Waals surface area contributed by atoms with Crippen molar-refractivity contribution in [1.29, 1.82) is 0 Å². The van der Waals surface area contributed by atoms with E-state index in [2.05, 4.69) is 15.7 Å². The average molecular weight is 316 g/mol. The number of thiazole rings is 1. The lowest BCUT2D eigenvalue weighted by Crippen LogP contribution is -2.37. The number of amides is 1. The Balaban J connectivity index is 1.43. The normalized spacial score (nSPS) is 16.7. The topological polar surface area (TPSA) is 51.2 Å². The van der Waals surface area contributed by atoms with Crippen molar-refractivity contribution in [2.45, 2.75) is 26.2 Å². The molecular formula is C17H20N2O2S. The van der Waals surface area contributed by atoms with Crippen molar-refractivity contribution in [2.24, 2.45) is 5.92 Å². The number of nitrogens with zero attached hydrogens (tertiary/aromatic N) is 1. The average Bonchev–Trinajstić information content (AvgIpc) is 2.96. The Morgan fingerprint density at radius 1 is 1.45 bits per heavy atom. The summed E-state index contributed by atoms with van der Waals surface area (Å²) >= 11 is 1.68. The summed E-state index contributed by atoms with van der Waals surface area (Å²) in [7, 11) is 0. The van der Waals surface area contributed by atoms with Gasteiger partial charge >= 0.3 is 0 Å². The summed E-state index contributed by atoms with van der Waals surface area (Å²) in [6.07, 6.45) is 2.60. The molecule has 22 heavy (non-hydrogen) atoms. The van der Waals surface area contributed by atoms with Crippen molar-refractivity contribution in [3.8, 4) is 5.75 Å². The van der Waals surface area contributed by atoms with Gasteiger partial charge in [0.25, 0.3) is 0 Å². The van der Waals surface area contributed by atoms with Crippen LogP contribution in [0.3, 0.4) is 0 Å². The minimum absolute atomic E-state index is 0.0861. The highest BCUT2D eigenvalue weighted by molar-refractivity contribution is 7.09. The van der Waals surface area contributed by atoms with E-state index in [1.807, 2.05) is 31.2 Å². The second-order valence-electron chi connectivity index (χ2n) is 5.60. The van der Waals surface area contributed by atoms with E-state index in [0.29, 0.717) is 13.2 Å². The van der Waals surface area contributed by atoms with Crippen molar-refractivity contribution >= 4 is 17.2 Å². The van der Waals surface area contributed by atoms with Gasteiger partial charge in [0, 0.05) is 24.0 Å². The van der Waals surface area contributed by atoms with Crippen LogP contribution >= 0.6 is 11.3 Å². The van der Waals surface area contributed by atoms with Gasteiger partial charge in [0.05, 0.1) is 10.9 Å². The Morgan fingerprint density at radius 2 is 2.32 bits per heavy atom. The molecule has 2 heterocycles. The molecule has 0 radical (unpaired) electrons. The SMILES string of the molecule is Cc1csc(CCCNC(=O)[C@@H]2COc3ccccc3C2)n1. The molecule has 1 aliphatic rings. The van der Waals surface area contributed by atoms with Crippen molar-refractivity contribution in [1.82, 2.24) is 10.3 Å². The molecule has 0 spiro atoms. The molecule has 2 aromatic rings. The largest absolute Gasteiger partial charge is 0.492 e. The summed E-state index contributed by atoms with van der Waals surface area (Å²) < 4.78 is 5.67. The van der Waals surface area contributed by atoms with E-state index < -0.39 is 0 Å². The zero-order valence-corrected chi connectivity index (χ0v) is 13.5. The van der Waals surface area contributed by atoms with Crippen LogP contribution in [0.25, 0.3) is 0 Å². The molecule has 0 saturated carbocycles. The zero-order valence-electron chi connectivity index (χ0n) is 12.7. The van der Waals surface area contributed by atoms with Crippen LogP contribution in [-0.4, -0.2) is 24.0 Å². The Bertz CT molecular complexity index is 654. The molecule has 1 atom stereocenters. The lowest BCUT2D eigenvalue weighted by atomic mass is 9.96. The first-order valence-corrected chi connectivity index (χ1v) is 8.50. The quantitative estimate of drug-likeness (QED) is 0.863. The van der Waals surface area contributed by atoms with Crippen molar-refractivity contribution in [3.63, 3.8) is 0 Å². The van der Waals surface area contributed by atoms with Crippen LogP contribution in [-0.2, 0) is 17.6 Å². The van der Waals surface area contributed by atoms with E-state index in [9.17, 15) is 4.79 Å². The van der Waals surface area contributed by atoms with Crippen LogP contribution in [0.2, 0.25) is 0 Å². The van der Waals surface area contributed by atoms with Gasteiger partial charge in [-0.2, -0.15) is 0 Å². The van der Waals surface area contributed by atoms with E-state index in [0.717, 1.165) is 41.3 Å². The maximum Gasteiger partial charge on any atom is 0.226 e. The molecule has 116 valence electrons. The number of carbonyl (C=O) groups excluding carboxylic acids is 1. The van der Waals surface area contributed by atoms with Crippen LogP contribution in [0.5, 0.6) is 5.75 Å². The van der Waals surface area contributed by atoms with Gasteiger partial charge in [-0.3, -0.25) is 4.79 Å². The Hall–Kier alpha value is -1.88. The van der Waals surface area contributed by atoms with Crippen LogP contribution in [0.1, 0.15) is 22.7 Å². The lowest BCUT2D eigenvalue weighted by molar-refractivity contribution is -0.126. The fourth-order valence-electron chi connectivity index (χ4n) is 2.61. The molecule has 3 rings (SSSR count). The number of para-hydroxylation sites is 1. The minimum Gasteiger partial charge on any atom is -0.492 e. The van der Waals surface area contributed by atoms with E-state index in [1.54, 1.807) is 11.3 Å². The van der Waals surface area contributed by atoms with Gasteiger partial charge in [-0.1, -0.05) is 18.2 Å². The summed E-state index contributed by atoms with van der Waals surface area (Å²) in [6.45, 7) is 3.16. The predicted molar refractivity (Wildman–Crippen MR) is 87.3 cm³/mol. The molecule has 1 aromatic carbocycles. The van der Waals surface area contributed by atoms with Crippen molar-refractivity contribution in [2.75, 3.05) is 13.2 Å². The first kappa shape index (κ1) is 15.0. The molecule has 0 unspecified atom stereocenters. The van der Waals surface area contributed by atoms with Gasteiger partial charge in [-0.05, 0) is 31.4 Å². The molecule has 1 N–H and O–H groups in total. The molecule has 0 saturated heterocycles. The zero-order chi connectivity index (χ0) is 15.4. The molecular weight excluding hydrogens is 296 g/mol. The van der Waals surface area contributed by atoms with E-state index in [1.165, 1.54) is 0 Å². The standard InChI is InChI=1S/C17H20N2O2S/c1-12-11-22-16(19-12)7-4-8-18-17(20)14-9-13-5-2-3-6-15(13)21-10-14/h2-3,5-6,11,14H,4,7-10H2,1H3,(H,18,20)/t14-/m0/s1. The summed E-state index contributed by atoms with van der Waals surface area (Å²) in [5.41, 5.74) is 2.19. The summed E-state index contributed by atoms with van der Waals surface area (Å²) in [6, 6.07) is 7.93. The monoisotopic (exact) mass is 316 g/mol. The highest BCUT2D eigenvalue weighted by atomic mass is 32.1. The number of fused-ring (bicyclic) bond motifs is 1. The van der Waals surface area contributed by atoms with E-state index >= 15 is 0 Å². The lowest BCUT2D eigenvalue weighted by Gasteiger charge is -2.24. The molecule has 0 aliphatic carbocycles. The van der Waals surface area contributed by atoms with Crippen LogP contribution in [0, 0.1) is 12.8 Å². The van der Waals surface area contributed by atoms with Crippen molar-refractivity contribution < 1.29 is 9.53 Å². The summed E-state index contributed by atoms with van der Waals surface area (Å²) in [4.78, 5) is 16.6. The third-order valence-corrected chi connectivity index (χ3v) is 4.81. The van der Waals surface area contributed by atoms with Crippen LogP contribution in [0.4, 0.5) is 0 Å². The molecule has 1 aliphatic heterocycles. The van der Waals surface area contributed by atoms with E-state index in [-0.39, 0.29) is 11.8 Å². The second-order valence-corrected chi connectivity index (χ2v) is 6.54. The molecule has 1 amide bonds. The predicted octanol–water partition coefficient (Wildman–Crippen LogP) is 2.75. The first-order valence-electron chi connectivity index (χ1n) is 7.62. The smallest absolute Gasteiger partial charge is 0.226 e. The van der Waals surface area contributed by atoms with Crippen LogP contribution in [0.15, 0.2) is 29.6 Å². The highest BCUT2D eigenvalue weighted by Gasteiger charge is 2.25. The highest BCUT2D eigenvalue weighted by Crippen LogP contribution is 2.26. The fraction of sp³-hybridized carbons (Fsp3) is 0.412. The second kappa shape index (κ2) is 6.92. The first-order chi connectivity index (χ1) is 10.7. The third-order valence-electron chi connectivity index (χ3n) is 3.78. The van der Waals surface area contributed by atoms with Gasteiger partial charge in [-0.15, -0.1) is 11.3 Å². The number of rotatable bonds is 5. The van der Waals surface area contributed by atoms with Gasteiger partial charge in [0.1, 0.15) is 12.4 Å². The number of carbonyl (C=O) groups is 1. The number of benzene rings is 1. The number of hydrogen-bond acceptors (Lipinski definition) is 4. The Kier molecular flexibility index (Phi) is 4.73. The maximum absolute atomic E-state index is 12.2. The fourth-order valence-corrected chi connectivity index (χ4v) is 3.43. The van der Waals surface area contributed by atoms with Crippen molar-refractivity contribution in [3.05, 3.63) is 45.9 Å². The van der Waals surface area contributed by atoms with Crippen LogP contribution < -0.4 is 10.1 Å². The Labute approximate surface area is 134 Å². The molecule has 0 fully saturated rings. The molecule has 4 nitrogen and oxygen atoms in total. The maximum atomic E-state index is 12.2. The summed E-state index contributed by atoms with van der Waals surface area (Å²) in [5.74, 6) is 0.910. The molecule has 0 bridgehead atoms. The Morgan fingerprint density at radius 3 is 3.14 bits per heavy atom.